The van der Waals surface area contributed by atoms with Gasteiger partial charge in [-0.25, -0.2) is 0 Å². The first-order valence-corrected chi connectivity index (χ1v) is 7.10. The number of hydrogen-bond acceptors (Lipinski definition) is 3. The topological polar surface area (TPSA) is 95.1 Å². The molecule has 1 atom stereocenters. The molecule has 6 heteroatoms. The Kier molecular flexibility index (Phi) is 5.52. The third-order valence-corrected chi connectivity index (χ3v) is 3.37. The third kappa shape index (κ3) is 5.57. The summed E-state index contributed by atoms with van der Waals surface area (Å²) in [5, 5.41) is 18.8. The maximum Gasteiger partial charge on any atom is 0.308 e. The Hall–Kier alpha value is -1.85. The molecular weight excluding hydrogens is 270 g/mol. The molecule has 1 rings (SSSR count). The zero-order chi connectivity index (χ0) is 16.2. The summed E-state index contributed by atoms with van der Waals surface area (Å²) in [5.41, 5.74) is 2.44. The minimum atomic E-state index is -0.874. The van der Waals surface area contributed by atoms with E-state index >= 15 is 0 Å². The summed E-state index contributed by atoms with van der Waals surface area (Å²) in [6, 6.07) is 0. The fourth-order valence-electron chi connectivity index (χ4n) is 2.28. The van der Waals surface area contributed by atoms with Crippen LogP contribution < -0.4 is 5.32 Å². The second-order valence-corrected chi connectivity index (χ2v) is 6.69. The Labute approximate surface area is 125 Å². The molecule has 0 spiro atoms. The van der Waals surface area contributed by atoms with Crippen LogP contribution in [-0.4, -0.2) is 33.7 Å². The van der Waals surface area contributed by atoms with Gasteiger partial charge in [-0.2, -0.15) is 5.10 Å². The van der Waals surface area contributed by atoms with Crippen molar-refractivity contribution in [1.29, 1.82) is 0 Å². The molecule has 0 aliphatic heterocycles. The van der Waals surface area contributed by atoms with Crippen LogP contribution in [0.25, 0.3) is 0 Å². The van der Waals surface area contributed by atoms with E-state index in [1.54, 1.807) is 0 Å². The predicted octanol–water partition coefficient (Wildman–Crippen LogP) is 1.82. The van der Waals surface area contributed by atoms with Crippen LogP contribution in [0.3, 0.4) is 0 Å². The molecule has 1 aromatic rings. The summed E-state index contributed by atoms with van der Waals surface area (Å²) >= 11 is 0. The number of aliphatic carboxylic acids is 1. The van der Waals surface area contributed by atoms with Crippen molar-refractivity contribution in [2.24, 2.45) is 11.3 Å². The lowest BCUT2D eigenvalue weighted by Gasteiger charge is -2.23. The maximum absolute atomic E-state index is 12.0. The molecule has 0 radical (unpaired) electrons. The Bertz CT molecular complexity index is 495. The van der Waals surface area contributed by atoms with E-state index in [2.05, 4.69) is 15.5 Å². The molecule has 0 aromatic carbocycles. The molecule has 0 saturated carbocycles. The fourth-order valence-corrected chi connectivity index (χ4v) is 2.28. The number of nitrogens with zero attached hydrogens (tertiary/aromatic N) is 1. The number of rotatable bonds is 6. The summed E-state index contributed by atoms with van der Waals surface area (Å²) < 4.78 is 0. The largest absolute Gasteiger partial charge is 0.481 e. The van der Waals surface area contributed by atoms with E-state index < -0.39 is 11.9 Å². The number of hydrogen-bond donors (Lipinski definition) is 3. The molecule has 0 fully saturated rings. The van der Waals surface area contributed by atoms with Crippen LogP contribution in [-0.2, 0) is 16.0 Å². The highest BCUT2D eigenvalue weighted by Gasteiger charge is 2.25. The van der Waals surface area contributed by atoms with Crippen molar-refractivity contribution >= 4 is 11.9 Å². The lowest BCUT2D eigenvalue weighted by molar-refractivity contribution is -0.142. The average Bonchev–Trinajstić information content (AvgIpc) is 2.64. The van der Waals surface area contributed by atoms with Crippen molar-refractivity contribution in [2.45, 2.75) is 47.5 Å². The number of aromatic amines is 1. The van der Waals surface area contributed by atoms with Gasteiger partial charge >= 0.3 is 5.97 Å². The molecule has 0 aliphatic rings. The smallest absolute Gasteiger partial charge is 0.308 e. The van der Waals surface area contributed by atoms with Gasteiger partial charge < -0.3 is 10.4 Å². The number of carboxylic acid groups (broad SMARTS) is 1. The monoisotopic (exact) mass is 295 g/mol. The van der Waals surface area contributed by atoms with Crippen LogP contribution in [0.4, 0.5) is 0 Å². The van der Waals surface area contributed by atoms with E-state index in [0.29, 0.717) is 6.42 Å². The number of aromatic nitrogens is 2. The molecule has 6 nitrogen and oxygen atoms in total. The molecule has 1 aromatic heterocycles. The molecule has 1 unspecified atom stereocenters. The Morgan fingerprint density at radius 1 is 1.33 bits per heavy atom. The second-order valence-electron chi connectivity index (χ2n) is 6.69. The number of carboxylic acids is 1. The number of aryl methyl sites for hydroxylation is 2. The quantitative estimate of drug-likeness (QED) is 0.746. The first-order chi connectivity index (χ1) is 9.60. The van der Waals surface area contributed by atoms with Crippen LogP contribution in [0.15, 0.2) is 0 Å². The van der Waals surface area contributed by atoms with Crippen molar-refractivity contribution in [1.82, 2.24) is 15.5 Å². The molecule has 0 aliphatic carbocycles. The van der Waals surface area contributed by atoms with Gasteiger partial charge in [0.25, 0.3) is 0 Å². The number of nitrogens with one attached hydrogen (secondary N) is 2. The SMILES string of the molecule is Cc1n[nH]c(C)c1CC(=O)NCC(CC(C)(C)C)C(=O)O. The molecular formula is C15H25N3O3. The molecule has 3 N–H and O–H groups in total. The highest BCUT2D eigenvalue weighted by Crippen LogP contribution is 2.24. The maximum atomic E-state index is 12.0. The molecule has 21 heavy (non-hydrogen) atoms. The summed E-state index contributed by atoms with van der Waals surface area (Å²) in [4.78, 5) is 23.2. The Balaban J connectivity index is 2.56. The summed E-state index contributed by atoms with van der Waals surface area (Å²) in [5.74, 6) is -1.62. The lowest BCUT2D eigenvalue weighted by Crippen LogP contribution is -2.35. The normalized spacial score (nSPS) is 13.0. The average molecular weight is 295 g/mol. The number of amides is 1. The first kappa shape index (κ1) is 17.2. The van der Waals surface area contributed by atoms with Gasteiger partial charge in [0.1, 0.15) is 0 Å². The Morgan fingerprint density at radius 2 is 1.95 bits per heavy atom. The van der Waals surface area contributed by atoms with Crippen LogP contribution in [0, 0.1) is 25.2 Å². The molecule has 1 heterocycles. The van der Waals surface area contributed by atoms with Gasteiger partial charge in [-0.3, -0.25) is 14.7 Å². The van der Waals surface area contributed by atoms with E-state index in [1.165, 1.54) is 0 Å². The van der Waals surface area contributed by atoms with E-state index in [1.807, 2.05) is 34.6 Å². The minimum absolute atomic E-state index is 0.0917. The Morgan fingerprint density at radius 3 is 2.38 bits per heavy atom. The van der Waals surface area contributed by atoms with Gasteiger partial charge in [-0.05, 0) is 25.7 Å². The molecule has 1 amide bonds. The zero-order valence-electron chi connectivity index (χ0n) is 13.4. The van der Waals surface area contributed by atoms with Crippen molar-refractivity contribution in [3.05, 3.63) is 17.0 Å². The van der Waals surface area contributed by atoms with E-state index in [9.17, 15) is 14.7 Å². The number of carbonyl (C=O) groups excluding carboxylic acids is 1. The zero-order valence-corrected chi connectivity index (χ0v) is 13.4. The summed E-state index contributed by atoms with van der Waals surface area (Å²) in [6.07, 6.45) is 0.738. The lowest BCUT2D eigenvalue weighted by atomic mass is 9.84. The van der Waals surface area contributed by atoms with Crippen LogP contribution in [0.5, 0.6) is 0 Å². The second kappa shape index (κ2) is 6.74. The van der Waals surface area contributed by atoms with E-state index in [0.717, 1.165) is 17.0 Å². The highest BCUT2D eigenvalue weighted by molar-refractivity contribution is 5.80. The summed E-state index contributed by atoms with van der Waals surface area (Å²) in [7, 11) is 0. The van der Waals surface area contributed by atoms with Crippen LogP contribution in [0.1, 0.15) is 44.1 Å². The van der Waals surface area contributed by atoms with Gasteiger partial charge in [-0.1, -0.05) is 20.8 Å². The van der Waals surface area contributed by atoms with Crippen LogP contribution in [0.2, 0.25) is 0 Å². The first-order valence-electron chi connectivity index (χ1n) is 7.10. The summed E-state index contributed by atoms with van der Waals surface area (Å²) in [6.45, 7) is 9.82. The van der Waals surface area contributed by atoms with Gasteiger partial charge in [0.15, 0.2) is 0 Å². The molecule has 118 valence electrons. The van der Waals surface area contributed by atoms with Gasteiger partial charge in [0.05, 0.1) is 18.0 Å². The molecule has 0 saturated heterocycles. The van der Waals surface area contributed by atoms with Crippen molar-refractivity contribution in [3.63, 3.8) is 0 Å². The van der Waals surface area contributed by atoms with Crippen LogP contribution >= 0.6 is 0 Å². The number of H-pyrrole nitrogens is 1. The fraction of sp³-hybridized carbons (Fsp3) is 0.667. The van der Waals surface area contributed by atoms with Gasteiger partial charge in [0, 0.05) is 17.8 Å². The minimum Gasteiger partial charge on any atom is -0.481 e. The standard InChI is InChI=1S/C15H25N3O3/c1-9-12(10(2)18-17-9)6-13(19)16-8-11(14(20)21)7-15(3,4)5/h11H,6-8H2,1-5H3,(H,16,19)(H,17,18)(H,20,21). The van der Waals surface area contributed by atoms with Gasteiger partial charge in [0.2, 0.25) is 5.91 Å². The molecule has 0 bridgehead atoms. The van der Waals surface area contributed by atoms with E-state index in [4.69, 9.17) is 0 Å². The van der Waals surface area contributed by atoms with E-state index in [-0.39, 0.29) is 24.3 Å². The number of carbonyl (C=O) groups is 2. The van der Waals surface area contributed by atoms with Crippen molar-refractivity contribution in [2.75, 3.05) is 6.54 Å². The third-order valence-electron chi connectivity index (χ3n) is 3.37. The van der Waals surface area contributed by atoms with Gasteiger partial charge in [-0.15, -0.1) is 0 Å². The highest BCUT2D eigenvalue weighted by atomic mass is 16.4. The van der Waals surface area contributed by atoms with Crippen molar-refractivity contribution < 1.29 is 14.7 Å². The predicted molar refractivity (Wildman–Crippen MR) is 80.0 cm³/mol. The van der Waals surface area contributed by atoms with Crippen molar-refractivity contribution in [3.8, 4) is 0 Å².